The van der Waals surface area contributed by atoms with Crippen LogP contribution in [0.4, 0.5) is 0 Å². The average Bonchev–Trinajstić information content (AvgIpc) is 2.17. The van der Waals surface area contributed by atoms with Crippen molar-refractivity contribution < 1.29 is 4.74 Å². The van der Waals surface area contributed by atoms with Crippen molar-refractivity contribution in [2.24, 2.45) is 0 Å². The summed E-state index contributed by atoms with van der Waals surface area (Å²) in [5.74, 6) is 0.792. The fraction of sp³-hybridized carbons (Fsp3) is 0.667. The molecule has 1 atom stereocenters. The Labute approximate surface area is 55.1 Å². The van der Waals surface area contributed by atoms with Crippen molar-refractivity contribution in [1.82, 2.24) is 0 Å². The van der Waals surface area contributed by atoms with Gasteiger partial charge < -0.3 is 4.74 Å². The Morgan fingerprint density at radius 3 is 2.88 bits per heavy atom. The molecule has 0 spiro atoms. The summed E-state index contributed by atoms with van der Waals surface area (Å²) < 4.78 is 5.23. The van der Waals surface area contributed by atoms with E-state index in [4.69, 9.17) is 4.74 Å². The Hall–Kier alpha value is -0.110. The van der Waals surface area contributed by atoms with Crippen molar-refractivity contribution in [3.8, 4) is 0 Å². The molecule has 0 amide bonds. The van der Waals surface area contributed by atoms with Crippen LogP contribution < -0.4 is 0 Å². The van der Waals surface area contributed by atoms with E-state index in [-0.39, 0.29) is 5.60 Å². The largest absolute Gasteiger partial charge is 0.494 e. The lowest BCUT2D eigenvalue weighted by atomic mass is 10.1. The van der Waals surface area contributed by atoms with E-state index in [1.165, 1.54) is 0 Å². The molecule has 1 unspecified atom stereocenters. The minimum Gasteiger partial charge on any atom is -0.494 e. The molecule has 0 N–H and O–H groups in total. The summed E-state index contributed by atoms with van der Waals surface area (Å²) in [5.41, 5.74) is -0.0108. The van der Waals surface area contributed by atoms with Crippen molar-refractivity contribution in [3.63, 3.8) is 0 Å². The molecular formula is C6H10OS. The Morgan fingerprint density at radius 1 is 1.88 bits per heavy atom. The number of hydrogen-bond donors (Lipinski definition) is 1. The van der Waals surface area contributed by atoms with Gasteiger partial charge in [0, 0.05) is 12.2 Å². The summed E-state index contributed by atoms with van der Waals surface area (Å²) >= 11 is 4.14. The van der Waals surface area contributed by atoms with E-state index < -0.39 is 0 Å². The number of rotatable bonds is 1. The zero-order valence-electron chi connectivity index (χ0n) is 4.92. The van der Waals surface area contributed by atoms with Gasteiger partial charge >= 0.3 is 0 Å². The molecule has 0 fully saturated rings. The van der Waals surface area contributed by atoms with Gasteiger partial charge in [0.25, 0.3) is 0 Å². The van der Waals surface area contributed by atoms with Crippen LogP contribution in [0.15, 0.2) is 12.3 Å². The molecule has 46 valence electrons. The molecule has 0 saturated heterocycles. The standard InChI is InChI=1S/C6H10OS/c1-6(5-8)3-2-4-7-6/h2,4,8H,3,5H2,1H3. The molecule has 0 saturated carbocycles. The van der Waals surface area contributed by atoms with Gasteiger partial charge in [0.1, 0.15) is 5.60 Å². The van der Waals surface area contributed by atoms with E-state index in [1.54, 1.807) is 6.26 Å². The molecule has 0 aliphatic carbocycles. The average molecular weight is 130 g/mol. The van der Waals surface area contributed by atoms with Gasteiger partial charge in [-0.3, -0.25) is 0 Å². The summed E-state index contributed by atoms with van der Waals surface area (Å²) in [6.07, 6.45) is 4.77. The molecule has 8 heavy (non-hydrogen) atoms. The van der Waals surface area contributed by atoms with Crippen molar-refractivity contribution in [2.45, 2.75) is 18.9 Å². The molecular weight excluding hydrogens is 120 g/mol. The summed E-state index contributed by atoms with van der Waals surface area (Å²) in [6.45, 7) is 2.06. The first-order chi connectivity index (χ1) is 3.77. The molecule has 0 bridgehead atoms. The van der Waals surface area contributed by atoms with Crippen molar-refractivity contribution in [2.75, 3.05) is 5.75 Å². The first-order valence-corrected chi connectivity index (χ1v) is 3.34. The molecule has 1 rings (SSSR count). The van der Waals surface area contributed by atoms with E-state index in [0.29, 0.717) is 0 Å². The van der Waals surface area contributed by atoms with E-state index in [9.17, 15) is 0 Å². The van der Waals surface area contributed by atoms with Gasteiger partial charge in [-0.2, -0.15) is 12.6 Å². The first-order valence-electron chi connectivity index (χ1n) is 2.70. The van der Waals surface area contributed by atoms with Crippen molar-refractivity contribution >= 4 is 12.6 Å². The lowest BCUT2D eigenvalue weighted by Gasteiger charge is -2.20. The second kappa shape index (κ2) is 2.02. The van der Waals surface area contributed by atoms with Crippen molar-refractivity contribution in [1.29, 1.82) is 0 Å². The van der Waals surface area contributed by atoms with E-state index >= 15 is 0 Å². The van der Waals surface area contributed by atoms with Gasteiger partial charge in [-0.15, -0.1) is 0 Å². The predicted molar refractivity (Wildman–Crippen MR) is 37.1 cm³/mol. The molecule has 0 aromatic carbocycles. The van der Waals surface area contributed by atoms with Crippen LogP contribution in [0.25, 0.3) is 0 Å². The Kier molecular flexibility index (Phi) is 1.52. The second-order valence-corrected chi connectivity index (χ2v) is 2.62. The molecule has 1 heterocycles. The highest BCUT2D eigenvalue weighted by molar-refractivity contribution is 7.80. The Balaban J connectivity index is 2.46. The van der Waals surface area contributed by atoms with Crippen LogP contribution in [0.5, 0.6) is 0 Å². The number of ether oxygens (including phenoxy) is 1. The van der Waals surface area contributed by atoms with Crippen LogP contribution in [0.3, 0.4) is 0 Å². The van der Waals surface area contributed by atoms with Gasteiger partial charge in [-0.25, -0.2) is 0 Å². The van der Waals surface area contributed by atoms with Gasteiger partial charge in [-0.05, 0) is 13.0 Å². The van der Waals surface area contributed by atoms with E-state index in [1.807, 2.05) is 6.08 Å². The van der Waals surface area contributed by atoms with Crippen LogP contribution in [-0.2, 0) is 4.74 Å². The molecule has 2 heteroatoms. The van der Waals surface area contributed by atoms with Gasteiger partial charge in [-0.1, -0.05) is 0 Å². The van der Waals surface area contributed by atoms with Gasteiger partial charge in [0.2, 0.25) is 0 Å². The summed E-state index contributed by atoms with van der Waals surface area (Å²) in [7, 11) is 0. The monoisotopic (exact) mass is 130 g/mol. The fourth-order valence-electron chi connectivity index (χ4n) is 0.660. The van der Waals surface area contributed by atoms with Crippen LogP contribution in [-0.4, -0.2) is 11.4 Å². The third-order valence-electron chi connectivity index (χ3n) is 1.33. The third-order valence-corrected chi connectivity index (χ3v) is 2.00. The highest BCUT2D eigenvalue weighted by Crippen LogP contribution is 2.23. The SMILES string of the molecule is CC1(CS)CC=CO1. The zero-order valence-corrected chi connectivity index (χ0v) is 5.82. The molecule has 0 aromatic heterocycles. The lowest BCUT2D eigenvalue weighted by Crippen LogP contribution is -2.24. The van der Waals surface area contributed by atoms with Crippen LogP contribution >= 0.6 is 12.6 Å². The third kappa shape index (κ3) is 0.996. The maximum absolute atomic E-state index is 5.23. The summed E-state index contributed by atoms with van der Waals surface area (Å²) in [5, 5.41) is 0. The molecule has 0 aromatic rings. The zero-order chi connectivity index (χ0) is 6.04. The second-order valence-electron chi connectivity index (χ2n) is 2.30. The van der Waals surface area contributed by atoms with Crippen LogP contribution in [0.1, 0.15) is 13.3 Å². The Bertz CT molecular complexity index is 101. The number of thiol groups is 1. The predicted octanol–water partition coefficient (Wildman–Crippen LogP) is 1.61. The van der Waals surface area contributed by atoms with Gasteiger partial charge in [0.15, 0.2) is 0 Å². The van der Waals surface area contributed by atoms with Crippen LogP contribution in [0.2, 0.25) is 0 Å². The summed E-state index contributed by atoms with van der Waals surface area (Å²) in [4.78, 5) is 0. The quantitative estimate of drug-likeness (QED) is 0.530. The highest BCUT2D eigenvalue weighted by Gasteiger charge is 2.24. The maximum atomic E-state index is 5.23. The first kappa shape index (κ1) is 6.02. The molecule has 0 radical (unpaired) electrons. The van der Waals surface area contributed by atoms with Gasteiger partial charge in [0.05, 0.1) is 6.26 Å². The lowest BCUT2D eigenvalue weighted by molar-refractivity contribution is 0.0881. The van der Waals surface area contributed by atoms with Crippen LogP contribution in [0, 0.1) is 0 Å². The Morgan fingerprint density at radius 2 is 2.62 bits per heavy atom. The highest BCUT2D eigenvalue weighted by atomic mass is 32.1. The van der Waals surface area contributed by atoms with Crippen molar-refractivity contribution in [3.05, 3.63) is 12.3 Å². The minimum absolute atomic E-state index is 0.0108. The fourth-order valence-corrected chi connectivity index (χ4v) is 0.863. The van der Waals surface area contributed by atoms with E-state index in [0.717, 1.165) is 12.2 Å². The number of hydrogen-bond acceptors (Lipinski definition) is 2. The normalized spacial score (nSPS) is 35.2. The van der Waals surface area contributed by atoms with E-state index in [2.05, 4.69) is 19.6 Å². The topological polar surface area (TPSA) is 9.23 Å². The maximum Gasteiger partial charge on any atom is 0.118 e. The smallest absolute Gasteiger partial charge is 0.118 e. The molecule has 1 nitrogen and oxygen atoms in total. The molecule has 1 aliphatic heterocycles. The minimum atomic E-state index is -0.0108. The summed E-state index contributed by atoms with van der Waals surface area (Å²) in [6, 6.07) is 0. The molecule has 1 aliphatic rings.